The summed E-state index contributed by atoms with van der Waals surface area (Å²) in [6.45, 7) is 5.03. The lowest BCUT2D eigenvalue weighted by Gasteiger charge is -2.16. The Hall–Kier alpha value is -1.35. The van der Waals surface area contributed by atoms with Crippen LogP contribution in [0.5, 0.6) is 11.5 Å². The first-order valence-corrected chi connectivity index (χ1v) is 10.2. The Morgan fingerprint density at radius 2 is 2.08 bits per heavy atom. The summed E-state index contributed by atoms with van der Waals surface area (Å²) in [5.41, 5.74) is 0. The topological polar surface area (TPSA) is 77.1 Å². The fourth-order valence-electron chi connectivity index (χ4n) is 3.12. The lowest BCUT2D eigenvalue weighted by Crippen LogP contribution is -2.31. The normalized spacial score (nSPS) is 21.2. The van der Waals surface area contributed by atoms with Crippen LogP contribution in [0.25, 0.3) is 0 Å². The lowest BCUT2D eigenvalue weighted by molar-refractivity contribution is 0.159. The summed E-state index contributed by atoms with van der Waals surface area (Å²) in [5.74, 6) is 1.42. The van der Waals surface area contributed by atoms with Gasteiger partial charge in [-0.25, -0.2) is 13.1 Å². The number of nitrogens with zero attached hydrogens (tertiary/aromatic N) is 1. The molecule has 1 saturated heterocycles. The molecule has 0 bridgehead atoms. The van der Waals surface area contributed by atoms with Crippen LogP contribution in [-0.2, 0) is 14.8 Å². The highest BCUT2D eigenvalue weighted by molar-refractivity contribution is 7.89. The zero-order chi connectivity index (χ0) is 17.7. The van der Waals surface area contributed by atoms with E-state index in [-0.39, 0.29) is 4.90 Å². The Labute approximate surface area is 149 Å². The molecule has 2 heterocycles. The number of fused-ring (bicyclic) bond motifs is 1. The molecule has 3 rings (SSSR count). The van der Waals surface area contributed by atoms with Crippen molar-refractivity contribution in [1.82, 2.24) is 9.62 Å². The number of nitrogens with one attached hydrogen (secondary N) is 1. The van der Waals surface area contributed by atoms with Crippen molar-refractivity contribution >= 4 is 10.0 Å². The molecule has 0 aromatic heterocycles. The van der Waals surface area contributed by atoms with Crippen molar-refractivity contribution in [2.45, 2.75) is 17.7 Å². The summed E-state index contributed by atoms with van der Waals surface area (Å²) in [6.07, 6.45) is 1.78. The molecule has 0 saturated carbocycles. The molecule has 7 nitrogen and oxygen atoms in total. The molecule has 25 heavy (non-hydrogen) atoms. The predicted octanol–water partition coefficient (Wildman–Crippen LogP) is 1.09. The van der Waals surface area contributed by atoms with Gasteiger partial charge in [0.05, 0.1) is 24.7 Å². The summed E-state index contributed by atoms with van der Waals surface area (Å²) in [7, 11) is -1.86. The highest BCUT2D eigenvalue weighted by Gasteiger charge is 2.25. The van der Waals surface area contributed by atoms with Crippen LogP contribution < -0.4 is 14.2 Å². The van der Waals surface area contributed by atoms with Crippen molar-refractivity contribution in [2.75, 3.05) is 53.1 Å². The molecule has 2 aliphatic rings. The molecule has 140 valence electrons. The van der Waals surface area contributed by atoms with Gasteiger partial charge >= 0.3 is 0 Å². The van der Waals surface area contributed by atoms with E-state index in [1.807, 2.05) is 0 Å². The van der Waals surface area contributed by atoms with Crippen LogP contribution in [0.2, 0.25) is 0 Å². The second-order valence-electron chi connectivity index (χ2n) is 6.46. The first-order chi connectivity index (χ1) is 12.1. The van der Waals surface area contributed by atoms with Crippen molar-refractivity contribution in [3.8, 4) is 11.5 Å². The number of benzene rings is 1. The predicted molar refractivity (Wildman–Crippen MR) is 93.7 cm³/mol. The van der Waals surface area contributed by atoms with Crippen LogP contribution in [0.1, 0.15) is 12.8 Å². The summed E-state index contributed by atoms with van der Waals surface area (Å²) in [4.78, 5) is 2.52. The van der Waals surface area contributed by atoms with Gasteiger partial charge in [-0.3, -0.25) is 0 Å². The van der Waals surface area contributed by atoms with Gasteiger partial charge in [-0.2, -0.15) is 0 Å². The third-order valence-electron chi connectivity index (χ3n) is 4.57. The third-order valence-corrected chi connectivity index (χ3v) is 5.99. The zero-order valence-electron chi connectivity index (χ0n) is 14.6. The molecule has 0 radical (unpaired) electrons. The number of likely N-dealkylation sites (tertiary alicyclic amines) is 1. The summed E-state index contributed by atoms with van der Waals surface area (Å²) >= 11 is 0. The van der Waals surface area contributed by atoms with E-state index in [1.165, 1.54) is 0 Å². The number of hydrogen-bond acceptors (Lipinski definition) is 6. The second kappa shape index (κ2) is 8.35. The van der Waals surface area contributed by atoms with Gasteiger partial charge in [-0.1, -0.05) is 0 Å². The van der Waals surface area contributed by atoms with E-state index in [4.69, 9.17) is 14.2 Å². The first kappa shape index (κ1) is 18.4. The van der Waals surface area contributed by atoms with Crippen molar-refractivity contribution in [3.05, 3.63) is 18.2 Å². The molecule has 2 aliphatic heterocycles. The number of rotatable bonds is 7. The molecule has 0 spiro atoms. The molecule has 0 amide bonds. The molecule has 1 aromatic rings. The van der Waals surface area contributed by atoms with Crippen LogP contribution in [0.4, 0.5) is 0 Å². The summed E-state index contributed by atoms with van der Waals surface area (Å²) < 4.78 is 44.1. The van der Waals surface area contributed by atoms with E-state index < -0.39 is 10.0 Å². The zero-order valence-corrected chi connectivity index (χ0v) is 15.4. The van der Waals surface area contributed by atoms with Gasteiger partial charge in [0.15, 0.2) is 11.5 Å². The minimum atomic E-state index is -3.56. The molecule has 1 atom stereocenters. The molecule has 8 heteroatoms. The second-order valence-corrected chi connectivity index (χ2v) is 8.23. The van der Waals surface area contributed by atoms with Gasteiger partial charge in [0.2, 0.25) is 10.0 Å². The maximum Gasteiger partial charge on any atom is 0.240 e. The van der Waals surface area contributed by atoms with Crippen molar-refractivity contribution < 1.29 is 22.6 Å². The number of sulfonamides is 1. The first-order valence-electron chi connectivity index (χ1n) is 8.69. The fourth-order valence-corrected chi connectivity index (χ4v) is 4.26. The fraction of sp³-hybridized carbons (Fsp3) is 0.647. The van der Waals surface area contributed by atoms with Gasteiger partial charge in [0, 0.05) is 39.2 Å². The maximum absolute atomic E-state index is 12.6. The summed E-state index contributed by atoms with van der Waals surface area (Å²) in [5, 5.41) is 0. The minimum absolute atomic E-state index is 0.214. The Balaban J connectivity index is 1.58. The van der Waals surface area contributed by atoms with E-state index in [0.29, 0.717) is 43.8 Å². The quantitative estimate of drug-likeness (QED) is 0.774. The Morgan fingerprint density at radius 1 is 1.28 bits per heavy atom. The molecular weight excluding hydrogens is 344 g/mol. The number of ether oxygens (including phenoxy) is 3. The van der Waals surface area contributed by atoms with E-state index >= 15 is 0 Å². The average Bonchev–Trinajstić information content (AvgIpc) is 2.93. The smallest absolute Gasteiger partial charge is 0.240 e. The molecular formula is C17H26N2O5S. The van der Waals surface area contributed by atoms with Crippen molar-refractivity contribution in [1.29, 1.82) is 0 Å². The minimum Gasteiger partial charge on any atom is -0.490 e. The monoisotopic (exact) mass is 370 g/mol. The number of hydrogen-bond donors (Lipinski definition) is 1. The number of methoxy groups -OCH3 is 1. The van der Waals surface area contributed by atoms with Crippen LogP contribution in [0.15, 0.2) is 23.1 Å². The average molecular weight is 370 g/mol. The molecule has 0 unspecified atom stereocenters. The van der Waals surface area contributed by atoms with Crippen molar-refractivity contribution in [3.63, 3.8) is 0 Å². The Morgan fingerprint density at radius 3 is 2.88 bits per heavy atom. The summed E-state index contributed by atoms with van der Waals surface area (Å²) in [6, 6.07) is 4.77. The highest BCUT2D eigenvalue weighted by atomic mass is 32.2. The molecule has 1 aromatic carbocycles. The van der Waals surface area contributed by atoms with Gasteiger partial charge < -0.3 is 19.1 Å². The van der Waals surface area contributed by atoms with Crippen molar-refractivity contribution in [2.24, 2.45) is 5.92 Å². The standard InChI is InChI=1S/C17H26N2O5S/c1-22-10-7-19-6-5-14(13-19)12-18-25(20,21)15-3-4-16-17(11-15)24-9-2-8-23-16/h3-4,11,14,18H,2,5-10,12-13H2,1H3/t14-/m1/s1. The molecule has 0 aliphatic carbocycles. The van der Waals surface area contributed by atoms with Gasteiger partial charge in [0.25, 0.3) is 0 Å². The van der Waals surface area contributed by atoms with Gasteiger partial charge in [0.1, 0.15) is 0 Å². The van der Waals surface area contributed by atoms with Gasteiger partial charge in [-0.05, 0) is 31.0 Å². The van der Waals surface area contributed by atoms with Crippen LogP contribution in [0.3, 0.4) is 0 Å². The van der Waals surface area contributed by atoms with E-state index in [9.17, 15) is 8.42 Å². The van der Waals surface area contributed by atoms with Crippen LogP contribution >= 0.6 is 0 Å². The van der Waals surface area contributed by atoms with Crippen LogP contribution in [0, 0.1) is 5.92 Å². The lowest BCUT2D eigenvalue weighted by atomic mass is 10.1. The van der Waals surface area contributed by atoms with Crippen LogP contribution in [-0.4, -0.2) is 66.4 Å². The van der Waals surface area contributed by atoms with E-state index in [0.717, 1.165) is 32.5 Å². The third kappa shape index (κ3) is 4.84. The van der Waals surface area contributed by atoms with E-state index in [1.54, 1.807) is 25.3 Å². The highest BCUT2D eigenvalue weighted by Crippen LogP contribution is 2.31. The largest absolute Gasteiger partial charge is 0.490 e. The van der Waals surface area contributed by atoms with Gasteiger partial charge in [-0.15, -0.1) is 0 Å². The molecule has 1 N–H and O–H groups in total. The Kier molecular flexibility index (Phi) is 6.16. The maximum atomic E-state index is 12.6. The SMILES string of the molecule is COCCN1CC[C@H](CNS(=O)(=O)c2ccc3c(c2)OCCCO3)C1. The molecule has 1 fully saturated rings. The van der Waals surface area contributed by atoms with E-state index in [2.05, 4.69) is 9.62 Å². The Bertz CT molecular complexity index is 680.